The molecule has 0 spiro atoms. The van der Waals surface area contributed by atoms with Gasteiger partial charge in [-0.1, -0.05) is 25.1 Å². The highest BCUT2D eigenvalue weighted by Gasteiger charge is 2.12. The summed E-state index contributed by atoms with van der Waals surface area (Å²) in [5, 5.41) is 0. The van der Waals surface area contributed by atoms with Crippen LogP contribution in [0.3, 0.4) is 0 Å². The fraction of sp³-hybridized carbons (Fsp3) is 0.444. The van der Waals surface area contributed by atoms with Gasteiger partial charge in [-0.25, -0.2) is 0 Å². The largest absolute Gasteiger partial charge is 0.347 e. The van der Waals surface area contributed by atoms with Crippen LogP contribution in [0.4, 0.5) is 0 Å². The molecule has 1 aliphatic carbocycles. The molecule has 1 heterocycles. The van der Waals surface area contributed by atoms with Gasteiger partial charge < -0.3 is 10.3 Å². The van der Waals surface area contributed by atoms with Crippen LogP contribution in [0, 0.1) is 0 Å². The quantitative estimate of drug-likeness (QED) is 0.886. The van der Waals surface area contributed by atoms with E-state index in [0.717, 1.165) is 19.4 Å². The van der Waals surface area contributed by atoms with Crippen molar-refractivity contribution in [1.82, 2.24) is 4.57 Å². The van der Waals surface area contributed by atoms with Crippen molar-refractivity contribution in [3.63, 3.8) is 0 Å². The number of hydrogen-bond donors (Lipinski definition) is 1. The third-order valence-corrected chi connectivity index (χ3v) is 4.44. The van der Waals surface area contributed by atoms with Gasteiger partial charge in [0.2, 0.25) is 0 Å². The first-order chi connectivity index (χ1) is 9.76. The van der Waals surface area contributed by atoms with Gasteiger partial charge in [0.05, 0.1) is 0 Å². The van der Waals surface area contributed by atoms with Crippen molar-refractivity contribution >= 4 is 0 Å². The summed E-state index contributed by atoms with van der Waals surface area (Å²) in [4.78, 5) is 0. The van der Waals surface area contributed by atoms with Gasteiger partial charge >= 0.3 is 0 Å². The van der Waals surface area contributed by atoms with Crippen LogP contribution in [0.5, 0.6) is 0 Å². The molecule has 1 atom stereocenters. The van der Waals surface area contributed by atoms with Crippen LogP contribution in [0.2, 0.25) is 0 Å². The summed E-state index contributed by atoms with van der Waals surface area (Å²) in [5.74, 6) is 0. The van der Waals surface area contributed by atoms with Gasteiger partial charge in [0.15, 0.2) is 0 Å². The summed E-state index contributed by atoms with van der Waals surface area (Å²) in [7, 11) is 0. The van der Waals surface area contributed by atoms with Gasteiger partial charge in [0.1, 0.15) is 0 Å². The van der Waals surface area contributed by atoms with Crippen molar-refractivity contribution in [3.8, 4) is 0 Å². The van der Waals surface area contributed by atoms with Crippen LogP contribution in [0.15, 0.2) is 36.5 Å². The first-order valence-corrected chi connectivity index (χ1v) is 7.76. The maximum atomic E-state index is 6.09. The van der Waals surface area contributed by atoms with Crippen molar-refractivity contribution in [2.75, 3.05) is 0 Å². The molecule has 0 fully saturated rings. The molecule has 0 saturated heterocycles. The Labute approximate surface area is 121 Å². The number of benzene rings is 1. The first kappa shape index (κ1) is 13.4. The maximum Gasteiger partial charge on any atom is 0.0472 e. The van der Waals surface area contributed by atoms with E-state index >= 15 is 0 Å². The Bertz CT molecular complexity index is 583. The molecule has 2 N–H and O–H groups in total. The Kier molecular flexibility index (Phi) is 3.93. The highest BCUT2D eigenvalue weighted by molar-refractivity contribution is 5.35. The number of nitrogens with zero attached hydrogens (tertiary/aromatic N) is 1. The lowest BCUT2D eigenvalue weighted by molar-refractivity contribution is 0.610. The van der Waals surface area contributed by atoms with Crippen molar-refractivity contribution in [1.29, 1.82) is 0 Å². The van der Waals surface area contributed by atoms with E-state index in [2.05, 4.69) is 48.0 Å². The van der Waals surface area contributed by atoms with E-state index in [0.29, 0.717) is 0 Å². The van der Waals surface area contributed by atoms with Crippen molar-refractivity contribution in [3.05, 3.63) is 58.9 Å². The molecule has 3 rings (SSSR count). The fourth-order valence-corrected chi connectivity index (χ4v) is 3.12. The predicted molar refractivity (Wildman–Crippen MR) is 84.0 cm³/mol. The summed E-state index contributed by atoms with van der Waals surface area (Å²) < 4.78 is 2.34. The zero-order valence-electron chi connectivity index (χ0n) is 12.3. The fourth-order valence-electron chi connectivity index (χ4n) is 3.12. The van der Waals surface area contributed by atoms with Crippen LogP contribution in [-0.4, -0.2) is 10.6 Å². The average molecular weight is 268 g/mol. The average Bonchev–Trinajstić information content (AvgIpc) is 3.08. The molecule has 0 aliphatic heterocycles. The lowest BCUT2D eigenvalue weighted by atomic mass is 10.1. The number of aromatic nitrogens is 1. The first-order valence-electron chi connectivity index (χ1n) is 7.76. The summed E-state index contributed by atoms with van der Waals surface area (Å²) in [6.45, 7) is 3.12. The van der Waals surface area contributed by atoms with Gasteiger partial charge in [-0.15, -0.1) is 0 Å². The number of fused-ring (bicyclic) bond motifs is 1. The van der Waals surface area contributed by atoms with Crippen molar-refractivity contribution in [2.45, 2.75) is 51.6 Å². The lowest BCUT2D eigenvalue weighted by Crippen LogP contribution is -2.23. The monoisotopic (exact) mass is 268 g/mol. The van der Waals surface area contributed by atoms with Crippen LogP contribution in [0.1, 0.15) is 42.1 Å². The zero-order chi connectivity index (χ0) is 13.9. The van der Waals surface area contributed by atoms with Crippen LogP contribution >= 0.6 is 0 Å². The van der Waals surface area contributed by atoms with Crippen LogP contribution in [-0.2, 0) is 25.8 Å². The normalized spacial score (nSPS) is 15.3. The zero-order valence-corrected chi connectivity index (χ0v) is 12.3. The van der Waals surface area contributed by atoms with E-state index in [1.165, 1.54) is 30.5 Å². The van der Waals surface area contributed by atoms with Gasteiger partial charge in [-0.3, -0.25) is 0 Å². The van der Waals surface area contributed by atoms with E-state index in [1.54, 1.807) is 11.1 Å². The smallest absolute Gasteiger partial charge is 0.0472 e. The van der Waals surface area contributed by atoms with Crippen molar-refractivity contribution in [2.24, 2.45) is 5.73 Å². The Morgan fingerprint density at radius 2 is 2.05 bits per heavy atom. The molecule has 106 valence electrons. The van der Waals surface area contributed by atoms with E-state index in [9.17, 15) is 0 Å². The summed E-state index contributed by atoms with van der Waals surface area (Å²) >= 11 is 0. The molecule has 0 radical (unpaired) electrons. The summed E-state index contributed by atoms with van der Waals surface area (Å²) in [6, 6.07) is 11.6. The Morgan fingerprint density at radius 3 is 2.90 bits per heavy atom. The van der Waals surface area contributed by atoms with E-state index in [-0.39, 0.29) is 6.04 Å². The second-order valence-corrected chi connectivity index (χ2v) is 5.96. The maximum absolute atomic E-state index is 6.09. The highest BCUT2D eigenvalue weighted by Crippen LogP contribution is 2.23. The van der Waals surface area contributed by atoms with Crippen molar-refractivity contribution < 1.29 is 0 Å². The third-order valence-electron chi connectivity index (χ3n) is 4.44. The molecule has 1 aromatic carbocycles. The van der Waals surface area contributed by atoms with E-state index in [1.807, 2.05) is 0 Å². The molecule has 20 heavy (non-hydrogen) atoms. The Hall–Kier alpha value is -1.54. The van der Waals surface area contributed by atoms with E-state index < -0.39 is 0 Å². The second-order valence-electron chi connectivity index (χ2n) is 5.96. The number of aryl methyl sites for hydroxylation is 2. The molecule has 2 heteroatoms. The standard InChI is InChI=1S/C18H24N2/c1-2-17(19)12-18-7-4-10-20(18)13-14-8-9-15-5-3-6-16(15)11-14/h4,7-11,17H,2-3,5-6,12-13,19H2,1H3. The van der Waals surface area contributed by atoms with Gasteiger partial charge in [0.25, 0.3) is 0 Å². The van der Waals surface area contributed by atoms with Gasteiger partial charge in [-0.2, -0.15) is 0 Å². The van der Waals surface area contributed by atoms with Crippen LogP contribution < -0.4 is 5.73 Å². The minimum absolute atomic E-state index is 0.267. The van der Waals surface area contributed by atoms with Gasteiger partial charge in [-0.05, 0) is 54.5 Å². The SMILES string of the molecule is CCC(N)Cc1cccn1Cc1ccc2c(c1)CCC2. The Balaban J connectivity index is 1.76. The van der Waals surface area contributed by atoms with Crippen LogP contribution in [0.25, 0.3) is 0 Å². The molecule has 2 aromatic rings. The second kappa shape index (κ2) is 5.84. The molecule has 0 bridgehead atoms. The summed E-state index contributed by atoms with van der Waals surface area (Å²) in [6.07, 6.45) is 8.00. The lowest BCUT2D eigenvalue weighted by Gasteiger charge is -2.13. The minimum atomic E-state index is 0.267. The van der Waals surface area contributed by atoms with E-state index in [4.69, 9.17) is 5.73 Å². The molecule has 1 aliphatic rings. The Morgan fingerprint density at radius 1 is 1.20 bits per heavy atom. The molecule has 0 saturated carbocycles. The molecular formula is C18H24N2. The highest BCUT2D eigenvalue weighted by atomic mass is 15.0. The molecule has 1 unspecified atom stereocenters. The number of hydrogen-bond acceptors (Lipinski definition) is 1. The molecule has 0 amide bonds. The summed E-state index contributed by atoms with van der Waals surface area (Å²) in [5.41, 5.74) is 12.0. The predicted octanol–water partition coefficient (Wildman–Crippen LogP) is 3.30. The topological polar surface area (TPSA) is 30.9 Å². The number of nitrogens with two attached hydrogens (primary N) is 1. The molecular weight excluding hydrogens is 244 g/mol. The number of rotatable bonds is 5. The third kappa shape index (κ3) is 2.80. The molecule has 2 nitrogen and oxygen atoms in total. The van der Waals surface area contributed by atoms with Gasteiger partial charge in [0, 0.05) is 30.9 Å². The molecule has 1 aromatic heterocycles. The minimum Gasteiger partial charge on any atom is -0.347 e.